The fourth-order valence-electron chi connectivity index (χ4n) is 3.53. The molecule has 6 heteroatoms. The molecule has 138 valence electrons. The van der Waals surface area contributed by atoms with Crippen molar-refractivity contribution in [3.05, 3.63) is 81.9 Å². The molecule has 1 aliphatic heterocycles. The van der Waals surface area contributed by atoms with Crippen LogP contribution in [0.2, 0.25) is 0 Å². The molecule has 3 aromatic rings. The van der Waals surface area contributed by atoms with Crippen molar-refractivity contribution in [1.82, 2.24) is 10.2 Å². The van der Waals surface area contributed by atoms with E-state index in [1.165, 1.54) is 16.7 Å². The highest BCUT2D eigenvalue weighted by atomic mass is 32.1. The molecule has 0 spiro atoms. The minimum atomic E-state index is -0.644. The van der Waals surface area contributed by atoms with Crippen molar-refractivity contribution in [3.63, 3.8) is 0 Å². The third-order valence-corrected chi connectivity index (χ3v) is 5.82. The van der Waals surface area contributed by atoms with Crippen LogP contribution in [0.4, 0.5) is 0 Å². The molecule has 2 amide bonds. The first kappa shape index (κ1) is 17.5. The van der Waals surface area contributed by atoms with E-state index in [9.17, 15) is 9.59 Å². The van der Waals surface area contributed by atoms with Crippen LogP contribution in [0.5, 0.6) is 0 Å². The lowest BCUT2D eigenvalue weighted by atomic mass is 9.92. The van der Waals surface area contributed by atoms with E-state index in [0.29, 0.717) is 6.54 Å². The van der Waals surface area contributed by atoms with Gasteiger partial charge in [0.2, 0.25) is 5.91 Å². The Morgan fingerprint density at radius 2 is 2.00 bits per heavy atom. The Morgan fingerprint density at radius 1 is 1.19 bits per heavy atom. The SMILES string of the molecule is C[C@@H](NC(=O)c1ccco1)C(=O)N1CCc2sccc2[C@H]1c1ccccc1. The number of thiophene rings is 1. The molecule has 1 N–H and O–H groups in total. The van der Waals surface area contributed by atoms with Crippen LogP contribution in [0.3, 0.4) is 0 Å². The minimum absolute atomic E-state index is 0.0967. The Balaban J connectivity index is 1.59. The maximum absolute atomic E-state index is 13.2. The number of hydrogen-bond donors (Lipinski definition) is 1. The summed E-state index contributed by atoms with van der Waals surface area (Å²) in [5.74, 6) is -0.279. The molecule has 3 heterocycles. The fourth-order valence-corrected chi connectivity index (χ4v) is 4.44. The Hall–Kier alpha value is -2.86. The van der Waals surface area contributed by atoms with Gasteiger partial charge in [0.15, 0.2) is 5.76 Å². The van der Waals surface area contributed by atoms with Crippen LogP contribution in [0.1, 0.15) is 39.5 Å². The first-order valence-electron chi connectivity index (χ1n) is 8.91. The Labute approximate surface area is 161 Å². The molecular weight excluding hydrogens is 360 g/mol. The summed E-state index contributed by atoms with van der Waals surface area (Å²) < 4.78 is 5.11. The Kier molecular flexibility index (Phi) is 4.81. The quantitative estimate of drug-likeness (QED) is 0.752. The summed E-state index contributed by atoms with van der Waals surface area (Å²) in [6.07, 6.45) is 2.27. The summed E-state index contributed by atoms with van der Waals surface area (Å²) in [4.78, 5) is 28.6. The molecule has 2 atom stereocenters. The zero-order valence-electron chi connectivity index (χ0n) is 14.9. The molecule has 2 aromatic heterocycles. The van der Waals surface area contributed by atoms with Crippen molar-refractivity contribution in [1.29, 1.82) is 0 Å². The highest BCUT2D eigenvalue weighted by Gasteiger charge is 2.35. The van der Waals surface area contributed by atoms with Crippen molar-refractivity contribution < 1.29 is 14.0 Å². The van der Waals surface area contributed by atoms with Gasteiger partial charge in [-0.1, -0.05) is 30.3 Å². The van der Waals surface area contributed by atoms with E-state index in [-0.39, 0.29) is 23.6 Å². The van der Waals surface area contributed by atoms with Crippen molar-refractivity contribution in [2.75, 3.05) is 6.54 Å². The van der Waals surface area contributed by atoms with E-state index in [2.05, 4.69) is 16.8 Å². The van der Waals surface area contributed by atoms with Crippen LogP contribution in [0.15, 0.2) is 64.6 Å². The first-order chi connectivity index (χ1) is 13.1. The molecule has 27 heavy (non-hydrogen) atoms. The average Bonchev–Trinajstić information content (AvgIpc) is 3.38. The smallest absolute Gasteiger partial charge is 0.287 e. The normalized spacial score (nSPS) is 17.2. The zero-order chi connectivity index (χ0) is 18.8. The van der Waals surface area contributed by atoms with Crippen LogP contribution in [0.25, 0.3) is 0 Å². The van der Waals surface area contributed by atoms with Gasteiger partial charge in [-0.3, -0.25) is 9.59 Å². The van der Waals surface area contributed by atoms with Crippen LogP contribution < -0.4 is 5.32 Å². The number of fused-ring (bicyclic) bond motifs is 1. The van der Waals surface area contributed by atoms with Crippen LogP contribution in [0, 0.1) is 0 Å². The molecule has 0 fully saturated rings. The molecule has 4 rings (SSSR count). The Morgan fingerprint density at radius 3 is 2.74 bits per heavy atom. The third-order valence-electron chi connectivity index (χ3n) is 4.83. The van der Waals surface area contributed by atoms with Crippen molar-refractivity contribution in [2.45, 2.75) is 25.4 Å². The van der Waals surface area contributed by atoms with E-state index in [0.717, 1.165) is 12.0 Å². The highest BCUT2D eigenvalue weighted by Crippen LogP contribution is 2.37. The van der Waals surface area contributed by atoms with Gasteiger partial charge in [0.1, 0.15) is 6.04 Å². The van der Waals surface area contributed by atoms with E-state index in [4.69, 9.17) is 4.42 Å². The second-order valence-electron chi connectivity index (χ2n) is 6.57. The number of carbonyl (C=O) groups excluding carboxylic acids is 2. The minimum Gasteiger partial charge on any atom is -0.459 e. The van der Waals surface area contributed by atoms with Gasteiger partial charge in [-0.15, -0.1) is 11.3 Å². The number of hydrogen-bond acceptors (Lipinski definition) is 4. The molecule has 0 saturated carbocycles. The summed E-state index contributed by atoms with van der Waals surface area (Å²) in [6, 6.07) is 14.6. The monoisotopic (exact) mass is 380 g/mol. The summed E-state index contributed by atoms with van der Waals surface area (Å²) in [6.45, 7) is 2.35. The average molecular weight is 380 g/mol. The van der Waals surface area contributed by atoms with Gasteiger partial charge in [0.25, 0.3) is 5.91 Å². The number of nitrogens with zero attached hydrogens (tertiary/aromatic N) is 1. The number of benzene rings is 1. The zero-order valence-corrected chi connectivity index (χ0v) is 15.7. The summed E-state index contributed by atoms with van der Waals surface area (Å²) >= 11 is 1.73. The molecule has 5 nitrogen and oxygen atoms in total. The largest absolute Gasteiger partial charge is 0.459 e. The summed E-state index contributed by atoms with van der Waals surface area (Å²) in [7, 11) is 0. The lowest BCUT2D eigenvalue weighted by Gasteiger charge is -2.37. The van der Waals surface area contributed by atoms with Gasteiger partial charge < -0.3 is 14.6 Å². The number of nitrogens with one attached hydrogen (secondary N) is 1. The second-order valence-corrected chi connectivity index (χ2v) is 7.57. The molecule has 0 saturated heterocycles. The van der Waals surface area contributed by atoms with Gasteiger partial charge in [-0.2, -0.15) is 0 Å². The van der Waals surface area contributed by atoms with Crippen molar-refractivity contribution in [3.8, 4) is 0 Å². The lowest BCUT2D eigenvalue weighted by molar-refractivity contribution is -0.134. The van der Waals surface area contributed by atoms with Gasteiger partial charge in [0, 0.05) is 11.4 Å². The number of rotatable bonds is 4. The Bertz CT molecular complexity index is 934. The van der Waals surface area contributed by atoms with Crippen LogP contribution in [-0.2, 0) is 11.2 Å². The van der Waals surface area contributed by atoms with Crippen LogP contribution >= 0.6 is 11.3 Å². The lowest BCUT2D eigenvalue weighted by Crippen LogP contribution is -2.50. The van der Waals surface area contributed by atoms with E-state index >= 15 is 0 Å². The van der Waals surface area contributed by atoms with Gasteiger partial charge in [-0.25, -0.2) is 0 Å². The predicted molar refractivity (Wildman–Crippen MR) is 104 cm³/mol. The molecule has 0 aliphatic carbocycles. The summed E-state index contributed by atoms with van der Waals surface area (Å²) in [5, 5.41) is 4.83. The second kappa shape index (κ2) is 7.40. The van der Waals surface area contributed by atoms with Crippen LogP contribution in [-0.4, -0.2) is 29.3 Å². The van der Waals surface area contributed by atoms with Crippen molar-refractivity contribution in [2.24, 2.45) is 0 Å². The number of carbonyl (C=O) groups is 2. The first-order valence-corrected chi connectivity index (χ1v) is 9.79. The van der Waals surface area contributed by atoms with Gasteiger partial charge in [-0.05, 0) is 48.1 Å². The number of amides is 2. The molecular formula is C21H20N2O3S. The summed E-state index contributed by atoms with van der Waals surface area (Å²) in [5.41, 5.74) is 2.25. The molecule has 1 aromatic carbocycles. The van der Waals surface area contributed by atoms with Gasteiger partial charge in [0.05, 0.1) is 12.3 Å². The highest BCUT2D eigenvalue weighted by molar-refractivity contribution is 7.10. The third kappa shape index (κ3) is 3.40. The van der Waals surface area contributed by atoms with E-state index in [1.807, 2.05) is 35.2 Å². The predicted octanol–water partition coefficient (Wildman–Crippen LogP) is 3.63. The standard InChI is InChI=1S/C21H20N2O3S/c1-14(22-20(24)17-8-5-12-26-17)21(25)23-11-9-18-16(10-13-27-18)19(23)15-6-3-2-4-7-15/h2-8,10,12-14,19H,9,11H2,1H3,(H,22,24)/t14-,19-/m1/s1. The van der Waals surface area contributed by atoms with Gasteiger partial charge >= 0.3 is 0 Å². The molecule has 1 aliphatic rings. The number of furan rings is 1. The van der Waals surface area contributed by atoms with Crippen molar-refractivity contribution >= 4 is 23.2 Å². The molecule has 0 unspecified atom stereocenters. The van der Waals surface area contributed by atoms with E-state index < -0.39 is 6.04 Å². The van der Waals surface area contributed by atoms with E-state index in [1.54, 1.807) is 30.4 Å². The maximum Gasteiger partial charge on any atom is 0.287 e. The molecule has 0 radical (unpaired) electrons. The maximum atomic E-state index is 13.2. The molecule has 0 bridgehead atoms. The fraction of sp³-hybridized carbons (Fsp3) is 0.238. The topological polar surface area (TPSA) is 62.6 Å².